The standard InChI is InChI=1S/C16H18ClNO3/c1-3-21-16-11(5-4-6-14(16)20-2)15(19)12-9-10(17)7-8-13(12)18/h4-9,15,19H,3,18H2,1-2H3. The van der Waals surface area contributed by atoms with Crippen LogP contribution in [0.3, 0.4) is 0 Å². The molecule has 0 spiro atoms. The monoisotopic (exact) mass is 307 g/mol. The minimum Gasteiger partial charge on any atom is -0.493 e. The molecule has 0 amide bonds. The Labute approximate surface area is 129 Å². The number of benzene rings is 2. The van der Waals surface area contributed by atoms with Crippen LogP contribution in [0.1, 0.15) is 24.2 Å². The SMILES string of the molecule is CCOc1c(OC)cccc1C(O)c1cc(Cl)ccc1N. The van der Waals surface area contributed by atoms with Crippen molar-refractivity contribution in [1.82, 2.24) is 0 Å². The van der Waals surface area contributed by atoms with Crippen LogP contribution in [0.25, 0.3) is 0 Å². The van der Waals surface area contributed by atoms with Crippen molar-refractivity contribution in [3.05, 3.63) is 52.5 Å². The van der Waals surface area contributed by atoms with Gasteiger partial charge >= 0.3 is 0 Å². The number of anilines is 1. The van der Waals surface area contributed by atoms with Crippen LogP contribution in [0.5, 0.6) is 11.5 Å². The first-order valence-corrected chi connectivity index (χ1v) is 6.99. The number of hydrogen-bond acceptors (Lipinski definition) is 4. The van der Waals surface area contributed by atoms with Crippen molar-refractivity contribution in [2.45, 2.75) is 13.0 Å². The summed E-state index contributed by atoms with van der Waals surface area (Å²) in [5, 5.41) is 11.2. The Morgan fingerprint density at radius 2 is 2.00 bits per heavy atom. The number of aliphatic hydroxyl groups is 1. The van der Waals surface area contributed by atoms with Gasteiger partial charge in [0, 0.05) is 21.8 Å². The predicted octanol–water partition coefficient (Wildman–Crippen LogP) is 3.41. The number of halogens is 1. The van der Waals surface area contributed by atoms with Crippen molar-refractivity contribution in [3.8, 4) is 11.5 Å². The fourth-order valence-corrected chi connectivity index (χ4v) is 2.34. The van der Waals surface area contributed by atoms with Crippen LogP contribution in [0.4, 0.5) is 5.69 Å². The Bertz CT molecular complexity index is 631. The molecule has 2 rings (SSSR count). The van der Waals surface area contributed by atoms with Crippen LogP contribution in [-0.2, 0) is 0 Å². The van der Waals surface area contributed by atoms with E-state index in [0.717, 1.165) is 0 Å². The smallest absolute Gasteiger partial charge is 0.167 e. The number of methoxy groups -OCH3 is 1. The second-order valence-electron chi connectivity index (χ2n) is 4.49. The Kier molecular flexibility index (Phi) is 4.94. The molecule has 2 aromatic carbocycles. The summed E-state index contributed by atoms with van der Waals surface area (Å²) >= 11 is 5.99. The maximum atomic E-state index is 10.7. The summed E-state index contributed by atoms with van der Waals surface area (Å²) in [5.74, 6) is 1.07. The molecule has 21 heavy (non-hydrogen) atoms. The first-order valence-electron chi connectivity index (χ1n) is 6.61. The van der Waals surface area contributed by atoms with E-state index in [2.05, 4.69) is 0 Å². The Morgan fingerprint density at radius 1 is 1.24 bits per heavy atom. The van der Waals surface area contributed by atoms with E-state index in [0.29, 0.717) is 39.9 Å². The van der Waals surface area contributed by atoms with E-state index in [9.17, 15) is 5.11 Å². The molecule has 1 atom stereocenters. The molecule has 3 N–H and O–H groups in total. The number of aliphatic hydroxyl groups excluding tert-OH is 1. The van der Waals surface area contributed by atoms with Gasteiger partial charge in [-0.05, 0) is 31.2 Å². The van der Waals surface area contributed by atoms with Gasteiger partial charge in [-0.3, -0.25) is 0 Å². The zero-order valence-electron chi connectivity index (χ0n) is 12.0. The number of rotatable bonds is 5. The summed E-state index contributed by atoms with van der Waals surface area (Å²) in [6.07, 6.45) is -0.944. The fraction of sp³-hybridized carbons (Fsp3) is 0.250. The molecule has 0 aliphatic heterocycles. The van der Waals surface area contributed by atoms with E-state index >= 15 is 0 Å². The topological polar surface area (TPSA) is 64.7 Å². The molecule has 0 saturated carbocycles. The second-order valence-corrected chi connectivity index (χ2v) is 4.92. The van der Waals surface area contributed by atoms with E-state index in [-0.39, 0.29) is 0 Å². The van der Waals surface area contributed by atoms with Gasteiger partial charge in [0.1, 0.15) is 6.10 Å². The van der Waals surface area contributed by atoms with Crippen LogP contribution < -0.4 is 15.2 Å². The molecule has 112 valence electrons. The van der Waals surface area contributed by atoms with E-state index in [1.807, 2.05) is 6.92 Å². The predicted molar refractivity (Wildman–Crippen MR) is 84.1 cm³/mol. The summed E-state index contributed by atoms with van der Waals surface area (Å²) in [4.78, 5) is 0. The molecule has 0 aliphatic carbocycles. The van der Waals surface area contributed by atoms with Gasteiger partial charge in [0.05, 0.1) is 13.7 Å². The average Bonchev–Trinajstić information content (AvgIpc) is 2.49. The molecule has 0 aromatic heterocycles. The third-order valence-corrected chi connectivity index (χ3v) is 3.39. The Hall–Kier alpha value is -1.91. The summed E-state index contributed by atoms with van der Waals surface area (Å²) in [5.41, 5.74) is 7.53. The lowest BCUT2D eigenvalue weighted by atomic mass is 9.99. The normalized spacial score (nSPS) is 12.0. The van der Waals surface area contributed by atoms with E-state index in [1.54, 1.807) is 43.5 Å². The molecule has 1 unspecified atom stereocenters. The molecular formula is C16H18ClNO3. The molecule has 5 heteroatoms. The number of nitrogens with two attached hydrogens (primary N) is 1. The summed E-state index contributed by atoms with van der Waals surface area (Å²) < 4.78 is 10.9. The molecule has 0 heterocycles. The molecule has 2 aromatic rings. The number of para-hydroxylation sites is 1. The third-order valence-electron chi connectivity index (χ3n) is 3.16. The van der Waals surface area contributed by atoms with Crippen LogP contribution >= 0.6 is 11.6 Å². The number of ether oxygens (including phenoxy) is 2. The van der Waals surface area contributed by atoms with Gasteiger partial charge in [-0.15, -0.1) is 0 Å². The third kappa shape index (κ3) is 3.23. The fourth-order valence-electron chi connectivity index (χ4n) is 2.16. The van der Waals surface area contributed by atoms with Crippen LogP contribution in [-0.4, -0.2) is 18.8 Å². The minimum atomic E-state index is -0.944. The largest absolute Gasteiger partial charge is 0.493 e. The quantitative estimate of drug-likeness (QED) is 0.831. The van der Waals surface area contributed by atoms with Gasteiger partial charge in [-0.2, -0.15) is 0 Å². The summed E-state index contributed by atoms with van der Waals surface area (Å²) in [7, 11) is 1.56. The van der Waals surface area contributed by atoms with E-state index < -0.39 is 6.10 Å². The Balaban J connectivity index is 2.52. The van der Waals surface area contributed by atoms with E-state index in [1.165, 1.54) is 0 Å². The lowest BCUT2D eigenvalue weighted by molar-refractivity contribution is 0.210. The van der Waals surface area contributed by atoms with Gasteiger partial charge < -0.3 is 20.3 Å². The summed E-state index contributed by atoms with van der Waals surface area (Å²) in [6.45, 7) is 2.33. The lowest BCUT2D eigenvalue weighted by Crippen LogP contribution is -2.07. The maximum absolute atomic E-state index is 10.7. The molecular weight excluding hydrogens is 290 g/mol. The first-order chi connectivity index (χ1) is 10.1. The highest BCUT2D eigenvalue weighted by molar-refractivity contribution is 6.30. The van der Waals surface area contributed by atoms with Crippen LogP contribution in [0, 0.1) is 0 Å². The highest BCUT2D eigenvalue weighted by Gasteiger charge is 2.21. The van der Waals surface area contributed by atoms with Gasteiger partial charge in [-0.1, -0.05) is 23.7 Å². The maximum Gasteiger partial charge on any atom is 0.167 e. The van der Waals surface area contributed by atoms with Crippen molar-refractivity contribution < 1.29 is 14.6 Å². The van der Waals surface area contributed by atoms with Crippen molar-refractivity contribution >= 4 is 17.3 Å². The Morgan fingerprint density at radius 3 is 2.67 bits per heavy atom. The highest BCUT2D eigenvalue weighted by Crippen LogP contribution is 2.39. The van der Waals surface area contributed by atoms with Crippen molar-refractivity contribution in [2.75, 3.05) is 19.5 Å². The van der Waals surface area contributed by atoms with Crippen molar-refractivity contribution in [3.63, 3.8) is 0 Å². The van der Waals surface area contributed by atoms with Gasteiger partial charge in [0.2, 0.25) is 0 Å². The average molecular weight is 308 g/mol. The van der Waals surface area contributed by atoms with Gasteiger partial charge in [-0.25, -0.2) is 0 Å². The highest BCUT2D eigenvalue weighted by atomic mass is 35.5. The zero-order valence-corrected chi connectivity index (χ0v) is 12.7. The van der Waals surface area contributed by atoms with E-state index in [4.69, 9.17) is 26.8 Å². The van der Waals surface area contributed by atoms with Gasteiger partial charge in [0.25, 0.3) is 0 Å². The molecule has 0 fully saturated rings. The molecule has 0 bridgehead atoms. The minimum absolute atomic E-state index is 0.463. The van der Waals surface area contributed by atoms with Gasteiger partial charge in [0.15, 0.2) is 11.5 Å². The van der Waals surface area contributed by atoms with Crippen LogP contribution in [0.2, 0.25) is 5.02 Å². The van der Waals surface area contributed by atoms with Crippen molar-refractivity contribution in [1.29, 1.82) is 0 Å². The number of nitrogen functional groups attached to an aromatic ring is 1. The number of hydrogen-bond donors (Lipinski definition) is 2. The molecule has 0 aliphatic rings. The second kappa shape index (κ2) is 6.70. The summed E-state index contributed by atoms with van der Waals surface area (Å²) in [6, 6.07) is 10.3. The molecule has 0 radical (unpaired) electrons. The lowest BCUT2D eigenvalue weighted by Gasteiger charge is -2.19. The molecule has 0 saturated heterocycles. The van der Waals surface area contributed by atoms with Crippen molar-refractivity contribution in [2.24, 2.45) is 0 Å². The zero-order chi connectivity index (χ0) is 15.4. The van der Waals surface area contributed by atoms with Crippen LogP contribution in [0.15, 0.2) is 36.4 Å². The molecule has 4 nitrogen and oxygen atoms in total. The first kappa shape index (κ1) is 15.5.